The molecule has 0 heterocycles. The van der Waals surface area contributed by atoms with Gasteiger partial charge in [-0.1, -0.05) is 156 Å². The Bertz CT molecular complexity index is 462. The fraction of sp³-hybridized carbons (Fsp3) is 1.00. The highest BCUT2D eigenvalue weighted by atomic mass is 31.2. The summed E-state index contributed by atoms with van der Waals surface area (Å²) in [7, 11) is -4.04. The first-order valence-electron chi connectivity index (χ1n) is 16.0. The Morgan fingerprint density at radius 2 is 0.806 bits per heavy atom. The normalized spacial score (nSPS) is 13.5. The molecule has 0 aliphatic heterocycles. The van der Waals surface area contributed by atoms with Crippen molar-refractivity contribution < 1.29 is 18.6 Å². The lowest BCUT2D eigenvalue weighted by atomic mass is 10.1. The van der Waals surface area contributed by atoms with E-state index >= 15 is 0 Å². The van der Waals surface area contributed by atoms with E-state index in [9.17, 15) is 9.46 Å². The summed E-state index contributed by atoms with van der Waals surface area (Å²) in [5.41, 5.74) is 0. The zero-order valence-electron chi connectivity index (χ0n) is 24.7. The van der Waals surface area contributed by atoms with Gasteiger partial charge in [-0.2, -0.15) is 9.69 Å². The lowest BCUT2D eigenvalue weighted by Crippen LogP contribution is -2.26. The summed E-state index contributed by atoms with van der Waals surface area (Å²) in [6.07, 6.45) is 29.5. The lowest BCUT2D eigenvalue weighted by molar-refractivity contribution is -0.0885. The monoisotopic (exact) mass is 533 g/mol. The molecule has 6 heteroatoms. The van der Waals surface area contributed by atoms with Crippen LogP contribution in [0.2, 0.25) is 0 Å². The van der Waals surface area contributed by atoms with Crippen LogP contribution in [0.3, 0.4) is 0 Å². The predicted molar refractivity (Wildman–Crippen MR) is 156 cm³/mol. The van der Waals surface area contributed by atoms with E-state index in [0.717, 1.165) is 38.5 Å². The number of phosphoric ester groups is 1. The third-order valence-electron chi connectivity index (χ3n) is 6.99. The van der Waals surface area contributed by atoms with Gasteiger partial charge in [-0.3, -0.25) is 4.52 Å². The first-order chi connectivity index (χ1) is 17.6. The summed E-state index contributed by atoms with van der Waals surface area (Å²) in [6.45, 7) is 8.42. The fourth-order valence-electron chi connectivity index (χ4n) is 4.62. The van der Waals surface area contributed by atoms with Crippen molar-refractivity contribution in [2.45, 2.75) is 175 Å². The zero-order chi connectivity index (χ0) is 26.6. The maximum atomic E-state index is 12.5. The van der Waals surface area contributed by atoms with Crippen LogP contribution in [0.5, 0.6) is 0 Å². The Morgan fingerprint density at radius 1 is 0.500 bits per heavy atom. The van der Waals surface area contributed by atoms with Crippen molar-refractivity contribution in [3.8, 4) is 0 Å². The summed E-state index contributed by atoms with van der Waals surface area (Å²) in [4.78, 5) is 10.3. The largest absolute Gasteiger partial charge is 0.489 e. The van der Waals surface area contributed by atoms with Gasteiger partial charge in [0, 0.05) is 13.1 Å². The number of hydrogen-bond donors (Lipinski definition) is 1. The minimum absolute atomic E-state index is 0.299. The molecule has 0 saturated carbocycles. The number of nitrogens with zero attached hydrogens (tertiary/aromatic N) is 1. The molecule has 1 atom stereocenters. The standard InChI is InChI=1S/C30H64NO4P/c1-4-7-10-13-16-17-18-19-20-21-24-27-30-34-36(32,33)35-31(28-25-22-14-11-8-5-2)29-26-23-15-12-9-6-3/h4-30H2,1-3H3,(H,32,33). The van der Waals surface area contributed by atoms with Crippen molar-refractivity contribution >= 4 is 7.82 Å². The van der Waals surface area contributed by atoms with E-state index in [0.29, 0.717) is 19.7 Å². The van der Waals surface area contributed by atoms with Crippen LogP contribution in [0.4, 0.5) is 0 Å². The second-order valence-electron chi connectivity index (χ2n) is 10.7. The summed E-state index contributed by atoms with van der Waals surface area (Å²) in [6, 6.07) is 0. The summed E-state index contributed by atoms with van der Waals surface area (Å²) in [5, 5.41) is 1.71. The summed E-state index contributed by atoms with van der Waals surface area (Å²) < 4.78 is 23.4. The molecule has 0 rings (SSSR count). The van der Waals surface area contributed by atoms with Gasteiger partial charge in [-0.05, 0) is 19.3 Å². The van der Waals surface area contributed by atoms with E-state index in [1.54, 1.807) is 5.06 Å². The van der Waals surface area contributed by atoms with Gasteiger partial charge < -0.3 is 4.89 Å². The molecule has 0 saturated heterocycles. The van der Waals surface area contributed by atoms with Crippen LogP contribution in [-0.2, 0) is 13.7 Å². The molecule has 218 valence electrons. The Morgan fingerprint density at radius 3 is 1.17 bits per heavy atom. The Balaban J connectivity index is 4.01. The maximum Gasteiger partial charge on any atom is 0.489 e. The molecular formula is C30H64NO4P. The molecule has 1 unspecified atom stereocenters. The van der Waals surface area contributed by atoms with E-state index < -0.39 is 7.82 Å². The average Bonchev–Trinajstić information content (AvgIpc) is 2.85. The maximum absolute atomic E-state index is 12.5. The molecule has 0 aliphatic rings. The minimum atomic E-state index is -4.04. The number of phosphoric acid groups is 1. The second-order valence-corrected chi connectivity index (χ2v) is 12.1. The van der Waals surface area contributed by atoms with E-state index in [4.69, 9.17) is 9.15 Å². The highest BCUT2D eigenvalue weighted by molar-refractivity contribution is 7.47. The van der Waals surface area contributed by atoms with Crippen molar-refractivity contribution in [2.24, 2.45) is 0 Å². The highest BCUT2D eigenvalue weighted by Crippen LogP contribution is 2.44. The van der Waals surface area contributed by atoms with Crippen molar-refractivity contribution in [3.05, 3.63) is 0 Å². The molecule has 0 aromatic rings. The zero-order valence-corrected chi connectivity index (χ0v) is 25.6. The summed E-state index contributed by atoms with van der Waals surface area (Å²) >= 11 is 0. The second kappa shape index (κ2) is 28.1. The average molecular weight is 534 g/mol. The molecule has 0 aliphatic carbocycles. The molecule has 0 aromatic heterocycles. The number of unbranched alkanes of at least 4 members (excludes halogenated alkanes) is 21. The van der Waals surface area contributed by atoms with Crippen LogP contribution in [-0.4, -0.2) is 29.7 Å². The number of hydrogen-bond acceptors (Lipinski definition) is 4. The van der Waals surface area contributed by atoms with Crippen LogP contribution < -0.4 is 0 Å². The molecule has 1 N–H and O–H groups in total. The molecule has 36 heavy (non-hydrogen) atoms. The first-order valence-corrected chi connectivity index (χ1v) is 17.5. The van der Waals surface area contributed by atoms with Crippen molar-refractivity contribution in [2.75, 3.05) is 19.7 Å². The van der Waals surface area contributed by atoms with Gasteiger partial charge in [0.05, 0.1) is 6.61 Å². The minimum Gasteiger partial charge on any atom is -0.301 e. The molecule has 0 bridgehead atoms. The molecule has 0 radical (unpaired) electrons. The third kappa shape index (κ3) is 27.1. The van der Waals surface area contributed by atoms with Gasteiger partial charge in [0.15, 0.2) is 0 Å². The van der Waals surface area contributed by atoms with E-state index in [1.807, 2.05) is 0 Å². The third-order valence-corrected chi connectivity index (χ3v) is 7.94. The number of hydroxylamine groups is 2. The van der Waals surface area contributed by atoms with Gasteiger partial charge in [0.25, 0.3) is 0 Å². The van der Waals surface area contributed by atoms with Crippen LogP contribution >= 0.6 is 7.82 Å². The Hall–Kier alpha value is 0.0700. The van der Waals surface area contributed by atoms with Gasteiger partial charge in [0.2, 0.25) is 0 Å². The van der Waals surface area contributed by atoms with Crippen LogP contribution in [0.1, 0.15) is 175 Å². The molecular weight excluding hydrogens is 469 g/mol. The van der Waals surface area contributed by atoms with Crippen molar-refractivity contribution in [1.29, 1.82) is 0 Å². The van der Waals surface area contributed by atoms with Crippen LogP contribution in [0, 0.1) is 0 Å². The van der Waals surface area contributed by atoms with E-state index in [-0.39, 0.29) is 0 Å². The molecule has 0 aromatic carbocycles. The Kier molecular flexibility index (Phi) is 28.1. The predicted octanol–water partition coefficient (Wildman–Crippen LogP) is 10.8. The van der Waals surface area contributed by atoms with Crippen LogP contribution in [0.15, 0.2) is 0 Å². The van der Waals surface area contributed by atoms with Gasteiger partial charge in [0.1, 0.15) is 0 Å². The topological polar surface area (TPSA) is 59.0 Å². The quantitative estimate of drug-likeness (QED) is 0.0565. The van der Waals surface area contributed by atoms with E-state index in [2.05, 4.69) is 20.8 Å². The summed E-state index contributed by atoms with van der Waals surface area (Å²) in [5.74, 6) is 0. The van der Waals surface area contributed by atoms with Gasteiger partial charge >= 0.3 is 7.82 Å². The number of rotatable bonds is 30. The van der Waals surface area contributed by atoms with Gasteiger partial charge in [-0.15, -0.1) is 0 Å². The van der Waals surface area contributed by atoms with Crippen molar-refractivity contribution in [3.63, 3.8) is 0 Å². The lowest BCUT2D eigenvalue weighted by Gasteiger charge is -2.24. The van der Waals surface area contributed by atoms with Crippen molar-refractivity contribution in [1.82, 2.24) is 5.06 Å². The highest BCUT2D eigenvalue weighted by Gasteiger charge is 2.25. The van der Waals surface area contributed by atoms with Crippen LogP contribution in [0.25, 0.3) is 0 Å². The Labute approximate surface area is 226 Å². The fourth-order valence-corrected chi connectivity index (χ4v) is 5.48. The molecule has 0 amide bonds. The smallest absolute Gasteiger partial charge is 0.301 e. The SMILES string of the molecule is CCCCCCCCCCCCCCOP(=O)(O)ON(CCCCCCCC)CCCCCCCC. The first kappa shape index (κ1) is 36.1. The molecule has 5 nitrogen and oxygen atoms in total. The molecule has 0 spiro atoms. The molecule has 0 fully saturated rings. The van der Waals surface area contributed by atoms with Gasteiger partial charge in [-0.25, -0.2) is 4.57 Å². The van der Waals surface area contributed by atoms with E-state index in [1.165, 1.54) is 116 Å².